The minimum absolute atomic E-state index is 0. The molecular formula is CuLaTiZn. The van der Waals surface area contributed by atoms with Crippen LogP contribution in [0.15, 0.2) is 0 Å². The minimum atomic E-state index is 0. The van der Waals surface area contributed by atoms with Crippen molar-refractivity contribution in [1.29, 1.82) is 0 Å². The SMILES string of the molecule is [Cu].[La].[Ti].[Zn]. The van der Waals surface area contributed by atoms with E-state index in [1.54, 1.807) is 0 Å². The smallest absolute Gasteiger partial charge is 0 e. The molecule has 0 N–H and O–H groups in total. The van der Waals surface area contributed by atoms with Crippen LogP contribution in [0, 0.1) is 35.6 Å². The maximum Gasteiger partial charge on any atom is 0 e. The van der Waals surface area contributed by atoms with Crippen LogP contribution in [-0.2, 0) is 58.3 Å². The van der Waals surface area contributed by atoms with Crippen LogP contribution in [0.25, 0.3) is 0 Å². The van der Waals surface area contributed by atoms with Gasteiger partial charge in [-0.2, -0.15) is 0 Å². The van der Waals surface area contributed by atoms with Crippen LogP contribution in [0.4, 0.5) is 0 Å². The fourth-order valence-corrected chi connectivity index (χ4v) is 0. The molecular weight excluding hydrogens is 316 g/mol. The van der Waals surface area contributed by atoms with Crippen LogP contribution in [-0.4, -0.2) is 0 Å². The van der Waals surface area contributed by atoms with E-state index in [-0.39, 0.29) is 93.9 Å². The van der Waals surface area contributed by atoms with Gasteiger partial charge in [0.2, 0.25) is 0 Å². The normalized spacial score (nSPS) is 0. The Kier molecular flexibility index (Phi) is 115. The Morgan fingerprint density at radius 3 is 1.00 bits per heavy atom. The molecule has 0 amide bonds. The van der Waals surface area contributed by atoms with E-state index in [0.29, 0.717) is 0 Å². The minimum Gasteiger partial charge on any atom is 0 e. The summed E-state index contributed by atoms with van der Waals surface area (Å²) < 4.78 is 0. The van der Waals surface area contributed by atoms with E-state index in [9.17, 15) is 0 Å². The second-order valence-corrected chi connectivity index (χ2v) is 0. The summed E-state index contributed by atoms with van der Waals surface area (Å²) in [5.74, 6) is 0. The second-order valence-electron chi connectivity index (χ2n) is 0. The summed E-state index contributed by atoms with van der Waals surface area (Å²) in [5.41, 5.74) is 0. The van der Waals surface area contributed by atoms with Crippen LogP contribution in [0.1, 0.15) is 0 Å². The van der Waals surface area contributed by atoms with Gasteiger partial charge in [-0.1, -0.05) is 0 Å². The van der Waals surface area contributed by atoms with Gasteiger partial charge in [0.25, 0.3) is 0 Å². The average molecular weight is 316 g/mol. The first-order valence-corrected chi connectivity index (χ1v) is 0. The van der Waals surface area contributed by atoms with Crippen molar-refractivity contribution in [3.63, 3.8) is 0 Å². The molecule has 0 unspecified atom stereocenters. The fourth-order valence-electron chi connectivity index (χ4n) is 0. The number of rotatable bonds is 0. The molecule has 0 aromatic carbocycles. The zero-order valence-corrected chi connectivity index (χ0v) is 11.2. The van der Waals surface area contributed by atoms with Crippen LogP contribution in [0.5, 0.6) is 0 Å². The molecule has 4 heteroatoms. The molecule has 0 nitrogen and oxygen atoms in total. The van der Waals surface area contributed by atoms with Gasteiger partial charge in [-0.25, -0.2) is 0 Å². The summed E-state index contributed by atoms with van der Waals surface area (Å²) >= 11 is 0. The van der Waals surface area contributed by atoms with Crippen molar-refractivity contribution in [2.75, 3.05) is 0 Å². The second kappa shape index (κ2) is 16.6. The van der Waals surface area contributed by atoms with Crippen LogP contribution in [0.3, 0.4) is 0 Å². The van der Waals surface area contributed by atoms with E-state index in [1.165, 1.54) is 0 Å². The molecule has 0 aliphatic heterocycles. The van der Waals surface area contributed by atoms with Crippen LogP contribution >= 0.6 is 0 Å². The molecule has 4 heavy (non-hydrogen) atoms. The topological polar surface area (TPSA) is 0 Å². The van der Waals surface area contributed by atoms with Crippen molar-refractivity contribution >= 4 is 0 Å². The Morgan fingerprint density at radius 1 is 1.00 bits per heavy atom. The molecule has 0 aromatic heterocycles. The van der Waals surface area contributed by atoms with Crippen LogP contribution in [0.2, 0.25) is 0 Å². The van der Waals surface area contributed by atoms with Crippen molar-refractivity contribution in [3.05, 3.63) is 0 Å². The van der Waals surface area contributed by atoms with E-state index in [4.69, 9.17) is 0 Å². The first-order chi connectivity index (χ1) is 0. The fraction of sp³-hybridized carbons (Fsp3) is 0. The maximum atomic E-state index is 0. The van der Waals surface area contributed by atoms with Gasteiger partial charge in [-0.05, 0) is 0 Å². The summed E-state index contributed by atoms with van der Waals surface area (Å²) in [6, 6.07) is 0. The monoisotopic (exact) mass is 314 g/mol. The molecule has 0 saturated heterocycles. The van der Waals surface area contributed by atoms with Crippen molar-refractivity contribution in [2.24, 2.45) is 0 Å². The summed E-state index contributed by atoms with van der Waals surface area (Å²) in [4.78, 5) is 0. The third kappa shape index (κ3) is 8.90. The summed E-state index contributed by atoms with van der Waals surface area (Å²) in [6.45, 7) is 0. The van der Waals surface area contributed by atoms with Gasteiger partial charge in [0, 0.05) is 93.9 Å². The van der Waals surface area contributed by atoms with E-state index in [1.807, 2.05) is 0 Å². The Hall–Kier alpha value is 3.05. The predicted octanol–water partition coefficient (Wildman–Crippen LogP) is -0.00750. The van der Waals surface area contributed by atoms with Gasteiger partial charge in [-0.3, -0.25) is 0 Å². The maximum absolute atomic E-state index is 0. The van der Waals surface area contributed by atoms with Gasteiger partial charge in [0.05, 0.1) is 0 Å². The zero-order chi connectivity index (χ0) is 0. The Balaban J connectivity index is 0. The van der Waals surface area contributed by atoms with E-state index < -0.39 is 0 Å². The third-order valence-electron chi connectivity index (χ3n) is 0. The quantitative estimate of drug-likeness (QED) is 0.552. The number of hydrogen-bond acceptors (Lipinski definition) is 0. The summed E-state index contributed by atoms with van der Waals surface area (Å²) in [7, 11) is 0. The van der Waals surface area contributed by atoms with E-state index in [0.717, 1.165) is 0 Å². The Labute approximate surface area is 92.0 Å². The zero-order valence-electron chi connectivity index (χ0n) is 2.09. The Bertz CT molecular complexity index is 8.00. The molecule has 0 aliphatic rings. The summed E-state index contributed by atoms with van der Waals surface area (Å²) in [5, 5.41) is 0. The molecule has 0 spiro atoms. The third-order valence-corrected chi connectivity index (χ3v) is 0. The largest absolute Gasteiger partial charge is 0 e. The van der Waals surface area contributed by atoms with Gasteiger partial charge >= 0.3 is 0 Å². The molecule has 0 fully saturated rings. The van der Waals surface area contributed by atoms with Crippen LogP contribution < -0.4 is 0 Å². The summed E-state index contributed by atoms with van der Waals surface area (Å²) in [6.07, 6.45) is 0. The average Bonchev–Trinajstić information content (AvgIpc) is 0. The first-order valence-electron chi connectivity index (χ1n) is 0. The molecule has 2 radical (unpaired) electrons. The molecule has 20 valence electrons. The number of hydrogen-bond donors (Lipinski definition) is 0. The van der Waals surface area contributed by atoms with E-state index in [2.05, 4.69) is 0 Å². The van der Waals surface area contributed by atoms with Crippen molar-refractivity contribution < 1.29 is 93.9 Å². The van der Waals surface area contributed by atoms with Crippen molar-refractivity contribution in [1.82, 2.24) is 0 Å². The molecule has 0 aromatic rings. The van der Waals surface area contributed by atoms with Gasteiger partial charge in [0.15, 0.2) is 0 Å². The molecule has 0 bridgehead atoms. The van der Waals surface area contributed by atoms with Gasteiger partial charge in [0.1, 0.15) is 0 Å². The van der Waals surface area contributed by atoms with Crippen molar-refractivity contribution in [2.45, 2.75) is 0 Å². The molecule has 0 atom stereocenters. The van der Waals surface area contributed by atoms with Gasteiger partial charge in [-0.15, -0.1) is 0 Å². The van der Waals surface area contributed by atoms with E-state index >= 15 is 0 Å². The molecule has 0 saturated carbocycles. The molecule has 0 rings (SSSR count). The Morgan fingerprint density at radius 2 is 1.00 bits per heavy atom. The molecule has 0 heterocycles. The predicted molar refractivity (Wildman–Crippen MR) is 0 cm³/mol. The first kappa shape index (κ1) is 27.7. The standard InChI is InChI=1S/Cu.La.Ti.Zn. The molecule has 0 aliphatic carbocycles. The van der Waals surface area contributed by atoms with Gasteiger partial charge < -0.3 is 0 Å². The van der Waals surface area contributed by atoms with Crippen molar-refractivity contribution in [3.8, 4) is 0 Å².